The molecule has 0 bridgehead atoms. The number of hydrogen-bond acceptors (Lipinski definition) is 2. The minimum atomic E-state index is 0.773. The molecule has 3 heteroatoms. The quantitative estimate of drug-likeness (QED) is 0.826. The summed E-state index contributed by atoms with van der Waals surface area (Å²) in [5.74, 6) is 0.919. The summed E-state index contributed by atoms with van der Waals surface area (Å²) >= 11 is 6.28. The third-order valence-corrected chi connectivity index (χ3v) is 5.00. The van der Waals surface area contributed by atoms with Gasteiger partial charge in [0.25, 0.3) is 0 Å². The summed E-state index contributed by atoms with van der Waals surface area (Å²) in [5, 5.41) is 0.814. The molecular weight excluding hydrogens is 244 g/mol. The Morgan fingerprint density at radius 1 is 1.22 bits per heavy atom. The third-order valence-electron chi connectivity index (χ3n) is 4.64. The van der Waals surface area contributed by atoms with E-state index in [0.29, 0.717) is 0 Å². The van der Waals surface area contributed by atoms with Crippen molar-refractivity contribution in [1.82, 2.24) is 4.90 Å². The first-order chi connectivity index (χ1) is 8.75. The van der Waals surface area contributed by atoms with Gasteiger partial charge in [-0.25, -0.2) is 0 Å². The monoisotopic (exact) mass is 264 g/mol. The number of hydrogen-bond donors (Lipinski definition) is 1. The van der Waals surface area contributed by atoms with Gasteiger partial charge < -0.3 is 5.73 Å². The first-order valence-electron chi connectivity index (χ1n) is 7.02. The molecule has 2 aliphatic rings. The Bertz CT molecular complexity index is 412. The summed E-state index contributed by atoms with van der Waals surface area (Å²) in [7, 11) is 0. The molecular formula is C15H21ClN2. The summed E-state index contributed by atoms with van der Waals surface area (Å²) in [4.78, 5) is 2.60. The lowest BCUT2D eigenvalue weighted by Crippen LogP contribution is -2.34. The van der Waals surface area contributed by atoms with Crippen molar-refractivity contribution in [3.05, 3.63) is 28.8 Å². The zero-order valence-electron chi connectivity index (χ0n) is 10.7. The van der Waals surface area contributed by atoms with Gasteiger partial charge >= 0.3 is 0 Å². The van der Waals surface area contributed by atoms with Crippen LogP contribution in [-0.4, -0.2) is 17.5 Å². The number of nitrogens with two attached hydrogens (primary N) is 1. The molecule has 1 saturated heterocycles. The van der Waals surface area contributed by atoms with Crippen molar-refractivity contribution in [2.75, 3.05) is 12.3 Å². The van der Waals surface area contributed by atoms with Gasteiger partial charge in [0.1, 0.15) is 0 Å². The van der Waals surface area contributed by atoms with E-state index >= 15 is 0 Å². The van der Waals surface area contributed by atoms with Crippen LogP contribution in [0.15, 0.2) is 18.2 Å². The number of fused-ring (bicyclic) bond motifs is 1. The van der Waals surface area contributed by atoms with Crippen LogP contribution in [0.3, 0.4) is 0 Å². The Balaban J connectivity index is 1.76. The van der Waals surface area contributed by atoms with Crippen LogP contribution in [0.4, 0.5) is 5.69 Å². The van der Waals surface area contributed by atoms with Gasteiger partial charge in [-0.3, -0.25) is 4.90 Å². The van der Waals surface area contributed by atoms with Crippen molar-refractivity contribution < 1.29 is 0 Å². The van der Waals surface area contributed by atoms with Crippen molar-refractivity contribution in [1.29, 1.82) is 0 Å². The van der Waals surface area contributed by atoms with E-state index in [-0.39, 0.29) is 0 Å². The lowest BCUT2D eigenvalue weighted by molar-refractivity contribution is 0.176. The Labute approximate surface area is 114 Å². The maximum atomic E-state index is 6.28. The second-order valence-electron chi connectivity index (χ2n) is 5.68. The first-order valence-corrected chi connectivity index (χ1v) is 7.40. The van der Waals surface area contributed by atoms with E-state index in [1.54, 1.807) is 0 Å². The standard InChI is InChI=1S/C15H21ClN2/c16-13-5-3-6-14(17)12(13)10-18-9-8-11-4-1-2-7-15(11)18/h3,5-6,11,15H,1-2,4,7-10,17H2. The lowest BCUT2D eigenvalue weighted by atomic mass is 9.85. The number of nitrogen functional groups attached to an aromatic ring is 1. The Kier molecular flexibility index (Phi) is 3.49. The number of anilines is 1. The molecule has 1 aromatic carbocycles. The van der Waals surface area contributed by atoms with Crippen LogP contribution in [0, 0.1) is 5.92 Å². The van der Waals surface area contributed by atoms with Crippen LogP contribution in [-0.2, 0) is 6.54 Å². The summed E-state index contributed by atoms with van der Waals surface area (Å²) < 4.78 is 0. The average molecular weight is 265 g/mol. The fourth-order valence-corrected chi connectivity index (χ4v) is 3.89. The normalized spacial score (nSPS) is 28.3. The average Bonchev–Trinajstić information content (AvgIpc) is 2.77. The molecule has 98 valence electrons. The molecule has 2 fully saturated rings. The van der Waals surface area contributed by atoms with Gasteiger partial charge in [0, 0.05) is 28.9 Å². The Morgan fingerprint density at radius 2 is 2.06 bits per heavy atom. The van der Waals surface area contributed by atoms with Crippen LogP contribution < -0.4 is 5.73 Å². The molecule has 2 atom stereocenters. The van der Waals surface area contributed by atoms with Gasteiger partial charge in [-0.15, -0.1) is 0 Å². The molecule has 1 aliphatic carbocycles. The molecule has 3 rings (SSSR count). The molecule has 1 heterocycles. The zero-order chi connectivity index (χ0) is 12.5. The van der Waals surface area contributed by atoms with E-state index in [2.05, 4.69) is 4.90 Å². The van der Waals surface area contributed by atoms with Crippen LogP contribution in [0.5, 0.6) is 0 Å². The van der Waals surface area contributed by atoms with E-state index in [9.17, 15) is 0 Å². The van der Waals surface area contributed by atoms with Crippen molar-refractivity contribution in [3.8, 4) is 0 Å². The molecule has 2 unspecified atom stereocenters. The summed E-state index contributed by atoms with van der Waals surface area (Å²) in [6.45, 7) is 2.13. The fourth-order valence-electron chi connectivity index (χ4n) is 3.64. The van der Waals surface area contributed by atoms with E-state index in [1.165, 1.54) is 38.6 Å². The number of halogens is 1. The maximum Gasteiger partial charge on any atom is 0.0471 e. The van der Waals surface area contributed by atoms with Crippen molar-refractivity contribution >= 4 is 17.3 Å². The van der Waals surface area contributed by atoms with Crippen LogP contribution in [0.2, 0.25) is 5.02 Å². The fraction of sp³-hybridized carbons (Fsp3) is 0.600. The van der Waals surface area contributed by atoms with Crippen LogP contribution in [0.25, 0.3) is 0 Å². The molecule has 0 amide bonds. The summed E-state index contributed by atoms with van der Waals surface area (Å²) in [6.07, 6.45) is 6.93. The second kappa shape index (κ2) is 5.10. The molecule has 0 spiro atoms. The summed E-state index contributed by atoms with van der Waals surface area (Å²) in [6, 6.07) is 6.60. The second-order valence-corrected chi connectivity index (χ2v) is 6.09. The minimum Gasteiger partial charge on any atom is -0.398 e. The van der Waals surface area contributed by atoms with Crippen molar-refractivity contribution in [3.63, 3.8) is 0 Å². The van der Waals surface area contributed by atoms with Crippen molar-refractivity contribution in [2.24, 2.45) is 5.92 Å². The highest BCUT2D eigenvalue weighted by Crippen LogP contribution is 2.38. The number of benzene rings is 1. The molecule has 2 nitrogen and oxygen atoms in total. The molecule has 18 heavy (non-hydrogen) atoms. The molecule has 1 aliphatic heterocycles. The van der Waals surface area contributed by atoms with E-state index in [4.69, 9.17) is 17.3 Å². The predicted octanol–water partition coefficient (Wildman–Crippen LogP) is 3.69. The largest absolute Gasteiger partial charge is 0.398 e. The predicted molar refractivity (Wildman–Crippen MR) is 76.6 cm³/mol. The van der Waals surface area contributed by atoms with Gasteiger partial charge in [-0.1, -0.05) is 30.5 Å². The summed E-state index contributed by atoms with van der Waals surface area (Å²) in [5.41, 5.74) is 8.01. The van der Waals surface area contributed by atoms with Crippen LogP contribution >= 0.6 is 11.6 Å². The van der Waals surface area contributed by atoms with Gasteiger partial charge in [-0.05, 0) is 43.9 Å². The highest BCUT2D eigenvalue weighted by Gasteiger charge is 2.35. The zero-order valence-corrected chi connectivity index (χ0v) is 11.5. The van der Waals surface area contributed by atoms with E-state index in [0.717, 1.165) is 34.8 Å². The lowest BCUT2D eigenvalue weighted by Gasteiger charge is -2.32. The maximum absolute atomic E-state index is 6.28. The minimum absolute atomic E-state index is 0.773. The first kappa shape index (κ1) is 12.3. The van der Waals surface area contributed by atoms with Gasteiger partial charge in [0.2, 0.25) is 0 Å². The topological polar surface area (TPSA) is 29.3 Å². The van der Waals surface area contributed by atoms with Crippen molar-refractivity contribution in [2.45, 2.75) is 44.7 Å². The van der Waals surface area contributed by atoms with Gasteiger partial charge in [0.05, 0.1) is 0 Å². The molecule has 2 N–H and O–H groups in total. The van der Waals surface area contributed by atoms with Gasteiger partial charge in [-0.2, -0.15) is 0 Å². The third kappa shape index (κ3) is 2.24. The smallest absolute Gasteiger partial charge is 0.0471 e. The number of likely N-dealkylation sites (tertiary alicyclic amines) is 1. The van der Waals surface area contributed by atoms with E-state index in [1.807, 2.05) is 18.2 Å². The SMILES string of the molecule is Nc1cccc(Cl)c1CN1CCC2CCCCC21. The molecule has 1 saturated carbocycles. The van der Waals surface area contributed by atoms with Gasteiger partial charge in [0.15, 0.2) is 0 Å². The Hall–Kier alpha value is -0.730. The number of rotatable bonds is 2. The highest BCUT2D eigenvalue weighted by atomic mass is 35.5. The highest BCUT2D eigenvalue weighted by molar-refractivity contribution is 6.31. The number of nitrogens with zero attached hydrogens (tertiary/aromatic N) is 1. The van der Waals surface area contributed by atoms with E-state index < -0.39 is 0 Å². The van der Waals surface area contributed by atoms with Crippen LogP contribution in [0.1, 0.15) is 37.7 Å². The molecule has 0 aromatic heterocycles. The Morgan fingerprint density at radius 3 is 2.89 bits per heavy atom. The molecule has 0 radical (unpaired) electrons. The molecule has 1 aromatic rings.